The summed E-state index contributed by atoms with van der Waals surface area (Å²) < 4.78 is 0. The smallest absolute Gasteiger partial charge is 0.220 e. The second kappa shape index (κ2) is 8.71. The van der Waals surface area contributed by atoms with E-state index in [0.717, 1.165) is 30.5 Å². The third-order valence-electron chi connectivity index (χ3n) is 4.20. The number of phenolic OH excluding ortho intramolecular Hbond substituents is 1. The summed E-state index contributed by atoms with van der Waals surface area (Å²) in [6.45, 7) is 6.97. The minimum atomic E-state index is -0.0569. The summed E-state index contributed by atoms with van der Waals surface area (Å²) in [5.41, 5.74) is 1.70. The van der Waals surface area contributed by atoms with Crippen LogP contribution in [0.4, 0.5) is 0 Å². The maximum atomic E-state index is 12.3. The molecule has 0 radical (unpaired) electrons. The Balaban J connectivity index is 2.10. The summed E-state index contributed by atoms with van der Waals surface area (Å²) in [7, 11) is 0. The lowest BCUT2D eigenvalue weighted by Crippen LogP contribution is -2.34. The van der Waals surface area contributed by atoms with Crippen LogP contribution in [0.5, 0.6) is 5.75 Å². The zero-order chi connectivity index (χ0) is 17.5. The van der Waals surface area contributed by atoms with E-state index in [1.165, 1.54) is 0 Å². The maximum Gasteiger partial charge on any atom is 0.220 e. The Labute approximate surface area is 144 Å². The van der Waals surface area contributed by atoms with Crippen LogP contribution in [0.2, 0.25) is 0 Å². The first-order valence-corrected chi connectivity index (χ1v) is 8.81. The van der Waals surface area contributed by atoms with Crippen molar-refractivity contribution in [2.75, 3.05) is 6.54 Å². The van der Waals surface area contributed by atoms with Crippen LogP contribution in [0, 0.1) is 11.8 Å². The van der Waals surface area contributed by atoms with Crippen molar-refractivity contribution in [2.45, 2.75) is 52.6 Å². The van der Waals surface area contributed by atoms with E-state index in [0.29, 0.717) is 18.9 Å². The molecule has 132 valence electrons. The van der Waals surface area contributed by atoms with Crippen molar-refractivity contribution >= 4 is 11.6 Å². The van der Waals surface area contributed by atoms with Crippen LogP contribution in [0.25, 0.3) is 0 Å². The summed E-state index contributed by atoms with van der Waals surface area (Å²) in [5.74, 6) is 0.627. The van der Waals surface area contributed by atoms with Gasteiger partial charge in [-0.25, -0.2) is 0 Å². The van der Waals surface area contributed by atoms with Crippen molar-refractivity contribution in [1.82, 2.24) is 5.32 Å². The first-order chi connectivity index (χ1) is 11.5. The third-order valence-corrected chi connectivity index (χ3v) is 4.20. The highest BCUT2D eigenvalue weighted by molar-refractivity contribution is 6.04. The van der Waals surface area contributed by atoms with Gasteiger partial charge in [-0.1, -0.05) is 32.3 Å². The average molecular weight is 332 g/mol. The highest BCUT2D eigenvalue weighted by Crippen LogP contribution is 2.30. The molecule has 1 aliphatic heterocycles. The van der Waals surface area contributed by atoms with E-state index in [1.807, 2.05) is 12.1 Å². The fraction of sp³-hybridized carbons (Fsp3) is 0.579. The zero-order valence-corrected chi connectivity index (χ0v) is 14.8. The Bertz CT molecular complexity index is 566. The second-order valence-corrected chi connectivity index (χ2v) is 6.82. The van der Waals surface area contributed by atoms with Gasteiger partial charge in [-0.2, -0.15) is 0 Å². The van der Waals surface area contributed by atoms with Gasteiger partial charge in [0.1, 0.15) is 11.9 Å². The minimum absolute atomic E-state index is 0.0344. The summed E-state index contributed by atoms with van der Waals surface area (Å²) >= 11 is 0. The van der Waals surface area contributed by atoms with Crippen molar-refractivity contribution in [3.8, 4) is 5.75 Å². The van der Waals surface area contributed by atoms with E-state index in [2.05, 4.69) is 31.2 Å². The molecule has 2 rings (SSSR count). The minimum Gasteiger partial charge on any atom is -0.508 e. The number of carbonyl (C=O) groups is 1. The first kappa shape index (κ1) is 18.3. The molecular formula is C19H28N2O3. The molecule has 5 nitrogen and oxygen atoms in total. The lowest BCUT2D eigenvalue weighted by atomic mass is 9.87. The molecule has 5 heteroatoms. The fourth-order valence-electron chi connectivity index (χ4n) is 2.82. The number of hydrogen-bond donors (Lipinski definition) is 2. The first-order valence-electron chi connectivity index (χ1n) is 8.81. The standard InChI is InChI=1S/C19H28N2O3/c1-4-5-6-17-16(11-18(23)20-12-13(2)3)19(21-24-17)14-7-9-15(22)10-8-14/h7-10,13,16-17,22H,4-6,11-12H2,1-3H3,(H,20,23). The Kier molecular flexibility index (Phi) is 6.64. The molecular weight excluding hydrogens is 304 g/mol. The van der Waals surface area contributed by atoms with Crippen LogP contribution in [0.3, 0.4) is 0 Å². The highest BCUT2D eigenvalue weighted by atomic mass is 16.6. The zero-order valence-electron chi connectivity index (χ0n) is 14.8. The van der Waals surface area contributed by atoms with E-state index in [9.17, 15) is 9.90 Å². The van der Waals surface area contributed by atoms with Crippen LogP contribution in [-0.4, -0.2) is 29.4 Å². The number of aromatic hydroxyl groups is 1. The van der Waals surface area contributed by atoms with Crippen molar-refractivity contribution < 1.29 is 14.7 Å². The number of nitrogens with zero attached hydrogens (tertiary/aromatic N) is 1. The molecule has 0 aliphatic carbocycles. The van der Waals surface area contributed by atoms with E-state index < -0.39 is 0 Å². The van der Waals surface area contributed by atoms with Gasteiger partial charge in [-0.05, 0) is 43.0 Å². The largest absolute Gasteiger partial charge is 0.508 e. The quantitative estimate of drug-likeness (QED) is 0.766. The summed E-state index contributed by atoms with van der Waals surface area (Å²) in [6.07, 6.45) is 3.34. The molecule has 0 spiro atoms. The monoisotopic (exact) mass is 332 g/mol. The predicted molar refractivity (Wildman–Crippen MR) is 95.0 cm³/mol. The van der Waals surface area contributed by atoms with Gasteiger partial charge in [0.25, 0.3) is 0 Å². The van der Waals surface area contributed by atoms with Crippen molar-refractivity contribution in [2.24, 2.45) is 17.0 Å². The molecule has 0 saturated carbocycles. The third kappa shape index (κ3) is 4.98. The number of rotatable bonds is 8. The van der Waals surface area contributed by atoms with Gasteiger partial charge in [0, 0.05) is 18.5 Å². The predicted octanol–water partition coefficient (Wildman–Crippen LogP) is 3.46. The maximum absolute atomic E-state index is 12.3. The van der Waals surface area contributed by atoms with Gasteiger partial charge < -0.3 is 15.3 Å². The van der Waals surface area contributed by atoms with Crippen LogP contribution in [0.15, 0.2) is 29.4 Å². The van der Waals surface area contributed by atoms with E-state index in [-0.39, 0.29) is 23.7 Å². The molecule has 2 unspecified atom stereocenters. The summed E-state index contributed by atoms with van der Waals surface area (Å²) in [4.78, 5) is 17.9. The van der Waals surface area contributed by atoms with Crippen LogP contribution >= 0.6 is 0 Å². The number of phenols is 1. The average Bonchev–Trinajstić information content (AvgIpc) is 2.94. The number of benzene rings is 1. The highest BCUT2D eigenvalue weighted by Gasteiger charge is 2.36. The molecule has 0 fully saturated rings. The Hall–Kier alpha value is -2.04. The molecule has 1 aromatic carbocycles. The molecule has 24 heavy (non-hydrogen) atoms. The second-order valence-electron chi connectivity index (χ2n) is 6.82. The van der Waals surface area contributed by atoms with E-state index in [1.54, 1.807) is 12.1 Å². The Morgan fingerprint density at radius 2 is 2.04 bits per heavy atom. The molecule has 1 amide bonds. The molecule has 0 saturated heterocycles. The topological polar surface area (TPSA) is 70.9 Å². The number of carbonyl (C=O) groups excluding carboxylic acids is 1. The van der Waals surface area contributed by atoms with Gasteiger partial charge in [-0.3, -0.25) is 4.79 Å². The fourth-order valence-corrected chi connectivity index (χ4v) is 2.82. The molecule has 0 aromatic heterocycles. The number of oxime groups is 1. The van der Waals surface area contributed by atoms with Crippen LogP contribution < -0.4 is 5.32 Å². The van der Waals surface area contributed by atoms with E-state index in [4.69, 9.17) is 4.84 Å². The summed E-state index contributed by atoms with van der Waals surface area (Å²) in [6, 6.07) is 6.90. The Morgan fingerprint density at radius 3 is 2.67 bits per heavy atom. The Morgan fingerprint density at radius 1 is 1.33 bits per heavy atom. The SMILES string of the molecule is CCCCC1ON=C(c2ccc(O)cc2)C1CC(=O)NCC(C)C. The molecule has 1 aromatic rings. The number of hydrogen-bond acceptors (Lipinski definition) is 4. The molecule has 2 N–H and O–H groups in total. The summed E-state index contributed by atoms with van der Waals surface area (Å²) in [5, 5.41) is 16.7. The van der Waals surface area contributed by atoms with E-state index >= 15 is 0 Å². The van der Waals surface area contributed by atoms with Gasteiger partial charge in [0.2, 0.25) is 5.91 Å². The van der Waals surface area contributed by atoms with Crippen molar-refractivity contribution in [1.29, 1.82) is 0 Å². The van der Waals surface area contributed by atoms with Gasteiger partial charge in [-0.15, -0.1) is 0 Å². The van der Waals surface area contributed by atoms with Gasteiger partial charge in [0.15, 0.2) is 0 Å². The van der Waals surface area contributed by atoms with Gasteiger partial charge >= 0.3 is 0 Å². The number of nitrogens with one attached hydrogen (secondary N) is 1. The molecule has 0 bridgehead atoms. The van der Waals surface area contributed by atoms with Crippen molar-refractivity contribution in [3.05, 3.63) is 29.8 Å². The van der Waals surface area contributed by atoms with Gasteiger partial charge in [0.05, 0.1) is 11.6 Å². The molecule has 2 atom stereocenters. The number of unbranched alkanes of at least 4 members (excludes halogenated alkanes) is 1. The van der Waals surface area contributed by atoms with Crippen LogP contribution in [0.1, 0.15) is 52.0 Å². The lowest BCUT2D eigenvalue weighted by Gasteiger charge is -2.19. The molecule has 1 heterocycles. The van der Waals surface area contributed by atoms with Crippen LogP contribution in [-0.2, 0) is 9.63 Å². The van der Waals surface area contributed by atoms with Crippen molar-refractivity contribution in [3.63, 3.8) is 0 Å². The molecule has 1 aliphatic rings. The lowest BCUT2D eigenvalue weighted by molar-refractivity contribution is -0.122. The normalized spacial score (nSPS) is 19.9. The number of amides is 1.